The average Bonchev–Trinajstić information content (AvgIpc) is 1.47. The van der Waals surface area contributed by atoms with Crippen molar-refractivity contribution < 1.29 is 0 Å². The Labute approximate surface area is 49.3 Å². The lowest BCUT2D eigenvalue weighted by Gasteiger charge is -2.96. The topological polar surface area (TPSA) is 0 Å². The summed E-state index contributed by atoms with van der Waals surface area (Å²) in [5.74, 6) is 2.49. The van der Waals surface area contributed by atoms with E-state index in [9.17, 15) is 0 Å². The molecule has 6 saturated carbocycles. The normalized spacial score (nSPS) is 87.0. The van der Waals surface area contributed by atoms with E-state index in [1.54, 1.807) is 25.7 Å². The highest BCUT2D eigenvalue weighted by molar-refractivity contribution is 5.39. The molecule has 0 nitrogen and oxygen atoms in total. The summed E-state index contributed by atoms with van der Waals surface area (Å²) in [6.45, 7) is 0. The van der Waals surface area contributed by atoms with Crippen LogP contribution < -0.4 is 0 Å². The molecule has 42 valence electrons. The molecule has 6 rings (SSSR count). The van der Waals surface area contributed by atoms with Crippen LogP contribution >= 0.6 is 0 Å². The summed E-state index contributed by atoms with van der Waals surface area (Å²) < 4.78 is 0. The lowest BCUT2D eigenvalue weighted by Crippen LogP contribution is -2.89. The summed E-state index contributed by atoms with van der Waals surface area (Å²) in [4.78, 5) is 0. The quantitative estimate of drug-likeness (QED) is 0.441. The molecule has 6 fully saturated rings. The largest absolute Gasteiger partial charge is 0.0433 e. The summed E-state index contributed by atoms with van der Waals surface area (Å²) in [6, 6.07) is 0. The molecule has 2 spiro atoms. The van der Waals surface area contributed by atoms with Gasteiger partial charge in [0.25, 0.3) is 0 Å². The van der Waals surface area contributed by atoms with E-state index in [1.165, 1.54) is 11.8 Å². The Balaban J connectivity index is 2.04. The van der Waals surface area contributed by atoms with Crippen molar-refractivity contribution in [2.45, 2.75) is 25.7 Å². The van der Waals surface area contributed by atoms with E-state index >= 15 is 0 Å². The van der Waals surface area contributed by atoms with Crippen molar-refractivity contribution >= 4 is 0 Å². The summed E-state index contributed by atoms with van der Waals surface area (Å²) in [5, 5.41) is 0. The van der Waals surface area contributed by atoms with Gasteiger partial charge in [-0.15, -0.1) is 0 Å². The molecule has 0 aromatic carbocycles. The first-order chi connectivity index (χ1) is 3.87. The van der Waals surface area contributed by atoms with Gasteiger partial charge in [0.05, 0.1) is 0 Å². The van der Waals surface area contributed by atoms with Gasteiger partial charge in [0.15, 0.2) is 0 Å². The Morgan fingerprint density at radius 1 is 0.750 bits per heavy atom. The van der Waals surface area contributed by atoms with Gasteiger partial charge in [-0.25, -0.2) is 0 Å². The fourth-order valence-corrected chi connectivity index (χ4v) is 4.19. The molecule has 0 unspecified atom stereocenters. The van der Waals surface area contributed by atoms with Crippen LogP contribution in [0, 0.1) is 22.7 Å². The van der Waals surface area contributed by atoms with Crippen LogP contribution in [0.15, 0.2) is 0 Å². The highest BCUT2D eigenvalue weighted by atomic mass is 15.0. The second-order valence-electron chi connectivity index (χ2n) is 4.52. The lowest BCUT2D eigenvalue weighted by atomic mass is 9.08. The minimum absolute atomic E-state index is 1.04. The summed E-state index contributed by atoms with van der Waals surface area (Å²) in [7, 11) is 0. The van der Waals surface area contributed by atoms with E-state index in [1.807, 2.05) is 0 Å². The third-order valence-corrected chi connectivity index (χ3v) is 5.00. The van der Waals surface area contributed by atoms with Crippen molar-refractivity contribution in [1.82, 2.24) is 0 Å². The van der Waals surface area contributed by atoms with E-state index in [-0.39, 0.29) is 0 Å². The molecule has 0 amide bonds. The van der Waals surface area contributed by atoms with Gasteiger partial charge in [-0.2, -0.15) is 0 Å². The maximum atomic E-state index is 1.65. The molecule has 0 heterocycles. The van der Waals surface area contributed by atoms with Gasteiger partial charge in [-0.3, -0.25) is 0 Å². The molecule has 0 atom stereocenters. The Hall–Kier alpha value is 0. The third kappa shape index (κ3) is 0.0892. The number of hydrogen-bond donors (Lipinski definition) is 0. The Bertz CT molecular complexity index is 158. The second kappa shape index (κ2) is 0.521. The minimum atomic E-state index is 1.04. The van der Waals surface area contributed by atoms with Crippen LogP contribution in [0.25, 0.3) is 0 Å². The fourth-order valence-electron chi connectivity index (χ4n) is 4.19. The van der Waals surface area contributed by atoms with Crippen LogP contribution in [0.3, 0.4) is 0 Å². The zero-order chi connectivity index (χ0) is 4.98. The molecule has 0 aromatic rings. The van der Waals surface area contributed by atoms with Gasteiger partial charge in [0.1, 0.15) is 0 Å². The highest BCUT2D eigenvalue weighted by Gasteiger charge is 2.91. The second-order valence-corrected chi connectivity index (χ2v) is 4.52. The zero-order valence-corrected chi connectivity index (χ0v) is 4.98. The molecule has 6 aliphatic carbocycles. The van der Waals surface area contributed by atoms with Gasteiger partial charge in [0, 0.05) is 0 Å². The Morgan fingerprint density at radius 3 is 1.12 bits per heavy atom. The van der Waals surface area contributed by atoms with Crippen LogP contribution in [0.5, 0.6) is 0 Å². The molecule has 0 aliphatic heterocycles. The standard InChI is InChI=1S/C8H10/c1-5-2-7(1)6-3-8(5,7)4-6/h5-6H,1-4H2. The van der Waals surface area contributed by atoms with Crippen molar-refractivity contribution in [2.24, 2.45) is 22.7 Å². The van der Waals surface area contributed by atoms with E-state index in [2.05, 4.69) is 0 Å². The van der Waals surface area contributed by atoms with Gasteiger partial charge < -0.3 is 0 Å². The van der Waals surface area contributed by atoms with Crippen LogP contribution in [0.2, 0.25) is 0 Å². The van der Waals surface area contributed by atoms with Gasteiger partial charge in [0.2, 0.25) is 0 Å². The summed E-state index contributed by atoms with van der Waals surface area (Å²) in [6.07, 6.45) is 6.60. The van der Waals surface area contributed by atoms with E-state index in [4.69, 9.17) is 0 Å². The molecular weight excluding hydrogens is 96.1 g/mol. The first-order valence-corrected chi connectivity index (χ1v) is 3.87. The van der Waals surface area contributed by atoms with Gasteiger partial charge in [-0.05, 0) is 48.3 Å². The van der Waals surface area contributed by atoms with Crippen molar-refractivity contribution in [3.05, 3.63) is 0 Å². The zero-order valence-electron chi connectivity index (χ0n) is 4.98. The molecule has 6 aliphatic rings. The van der Waals surface area contributed by atoms with E-state index < -0.39 is 0 Å². The monoisotopic (exact) mass is 106 g/mol. The molecule has 4 bridgehead atoms. The van der Waals surface area contributed by atoms with Crippen LogP contribution in [0.4, 0.5) is 0 Å². The molecule has 0 saturated heterocycles. The van der Waals surface area contributed by atoms with Crippen LogP contribution in [-0.2, 0) is 0 Å². The maximum absolute atomic E-state index is 1.65. The van der Waals surface area contributed by atoms with Crippen molar-refractivity contribution in [3.8, 4) is 0 Å². The molecule has 8 heavy (non-hydrogen) atoms. The summed E-state index contributed by atoms with van der Waals surface area (Å²) >= 11 is 0. The van der Waals surface area contributed by atoms with Crippen LogP contribution in [0.1, 0.15) is 25.7 Å². The van der Waals surface area contributed by atoms with E-state index in [0.717, 1.165) is 10.8 Å². The molecule has 0 heteroatoms. The first-order valence-electron chi connectivity index (χ1n) is 3.87. The Kier molecular flexibility index (Phi) is 0.211. The molecule has 0 aromatic heterocycles. The molecule has 0 N–H and O–H groups in total. The number of rotatable bonds is 0. The molecular formula is C8H10. The van der Waals surface area contributed by atoms with Crippen molar-refractivity contribution in [2.75, 3.05) is 0 Å². The minimum Gasteiger partial charge on any atom is -0.0433 e. The molecule has 0 radical (unpaired) electrons. The Morgan fingerprint density at radius 2 is 1.12 bits per heavy atom. The van der Waals surface area contributed by atoms with Gasteiger partial charge in [-0.1, -0.05) is 0 Å². The SMILES string of the molecule is C1C2CC13C1CC23C1. The van der Waals surface area contributed by atoms with E-state index in [0.29, 0.717) is 0 Å². The van der Waals surface area contributed by atoms with Crippen molar-refractivity contribution in [3.63, 3.8) is 0 Å². The maximum Gasteiger partial charge on any atom is -0.0204 e. The highest BCUT2D eigenvalue weighted by Crippen LogP contribution is 2.99. The predicted molar refractivity (Wildman–Crippen MR) is 30.3 cm³/mol. The van der Waals surface area contributed by atoms with Gasteiger partial charge >= 0.3 is 0 Å². The average molecular weight is 106 g/mol. The third-order valence-electron chi connectivity index (χ3n) is 5.00. The predicted octanol–water partition coefficient (Wildman–Crippen LogP) is 1.81. The lowest BCUT2D eigenvalue weighted by molar-refractivity contribution is -0.479. The summed E-state index contributed by atoms with van der Waals surface area (Å²) in [5.41, 5.74) is 2.08. The smallest absolute Gasteiger partial charge is 0.0204 e. The van der Waals surface area contributed by atoms with Crippen molar-refractivity contribution in [1.29, 1.82) is 0 Å². The number of hydrogen-bond acceptors (Lipinski definition) is 0. The first kappa shape index (κ1) is 3.24. The van der Waals surface area contributed by atoms with Crippen LogP contribution in [-0.4, -0.2) is 0 Å². The fraction of sp³-hybridized carbons (Fsp3) is 1.00.